The summed E-state index contributed by atoms with van der Waals surface area (Å²) >= 11 is 0. The topological polar surface area (TPSA) is 183 Å². The highest BCUT2D eigenvalue weighted by Crippen LogP contribution is 2.29. The summed E-state index contributed by atoms with van der Waals surface area (Å²) in [6, 6.07) is 8.71. The molecule has 1 fully saturated rings. The first-order valence-electron chi connectivity index (χ1n) is 13.4. The molecule has 2 aromatic rings. The SMILES string of the molecule is CCC(C)C(=O)O[C@@H]1[C@@H](O[C@@H](CCc2ccc(O)c(O)c2)CC(=O)CCc2ccc(O)c(O)c2)OC[C@H](O)[C@H]1O. The Kier molecular flexibility index (Phi) is 11.1. The molecule has 1 aliphatic rings. The Labute approximate surface area is 232 Å². The number of ketones is 1. The van der Waals surface area contributed by atoms with Crippen LogP contribution < -0.4 is 0 Å². The lowest BCUT2D eigenvalue weighted by atomic mass is 9.99. The van der Waals surface area contributed by atoms with Crippen LogP contribution in [0.25, 0.3) is 0 Å². The number of rotatable bonds is 13. The normalized spacial score (nSPS) is 22.4. The molecule has 11 nitrogen and oxygen atoms in total. The molecule has 0 amide bonds. The molecule has 3 rings (SSSR count). The van der Waals surface area contributed by atoms with E-state index in [1.54, 1.807) is 19.1 Å². The Bertz CT molecular complexity index is 1150. The zero-order valence-corrected chi connectivity index (χ0v) is 22.6. The summed E-state index contributed by atoms with van der Waals surface area (Å²) in [5, 5.41) is 59.3. The zero-order valence-electron chi connectivity index (χ0n) is 22.6. The van der Waals surface area contributed by atoms with Crippen molar-refractivity contribution in [3.05, 3.63) is 47.5 Å². The minimum Gasteiger partial charge on any atom is -0.504 e. The number of aliphatic hydroxyl groups excluding tert-OH is 2. The van der Waals surface area contributed by atoms with Gasteiger partial charge in [-0.1, -0.05) is 26.0 Å². The third-order valence-electron chi connectivity index (χ3n) is 7.01. The Balaban J connectivity index is 1.73. The molecule has 0 bridgehead atoms. The molecule has 0 aliphatic carbocycles. The van der Waals surface area contributed by atoms with Crippen LogP contribution in [0.15, 0.2) is 36.4 Å². The Morgan fingerprint density at radius 2 is 1.55 bits per heavy atom. The lowest BCUT2D eigenvalue weighted by molar-refractivity contribution is -0.288. The van der Waals surface area contributed by atoms with Crippen LogP contribution >= 0.6 is 0 Å². The van der Waals surface area contributed by atoms with Gasteiger partial charge >= 0.3 is 5.97 Å². The van der Waals surface area contributed by atoms with Crippen molar-refractivity contribution in [2.75, 3.05) is 6.61 Å². The molecule has 40 heavy (non-hydrogen) atoms. The predicted molar refractivity (Wildman–Crippen MR) is 142 cm³/mol. The van der Waals surface area contributed by atoms with Crippen molar-refractivity contribution in [2.24, 2.45) is 5.92 Å². The maximum atomic E-state index is 13.0. The Morgan fingerprint density at radius 3 is 2.12 bits per heavy atom. The fourth-order valence-corrected chi connectivity index (χ4v) is 4.25. The van der Waals surface area contributed by atoms with E-state index in [4.69, 9.17) is 14.2 Å². The number of carbonyl (C=O) groups is 2. The molecule has 0 spiro atoms. The van der Waals surface area contributed by atoms with E-state index in [0.29, 0.717) is 30.4 Å². The van der Waals surface area contributed by atoms with E-state index in [1.807, 2.05) is 6.92 Å². The minimum absolute atomic E-state index is 0.0569. The highest BCUT2D eigenvalue weighted by atomic mass is 16.7. The van der Waals surface area contributed by atoms with Gasteiger partial charge in [0.15, 0.2) is 35.4 Å². The van der Waals surface area contributed by atoms with E-state index in [0.717, 1.165) is 0 Å². The van der Waals surface area contributed by atoms with Crippen LogP contribution in [0.2, 0.25) is 0 Å². The molecule has 220 valence electrons. The summed E-state index contributed by atoms with van der Waals surface area (Å²) < 4.78 is 17.2. The van der Waals surface area contributed by atoms with Crippen LogP contribution in [0.3, 0.4) is 0 Å². The second-order valence-electron chi connectivity index (χ2n) is 10.2. The average molecular weight is 563 g/mol. The number of aromatic hydroxyl groups is 4. The quantitative estimate of drug-likeness (QED) is 0.156. The second-order valence-corrected chi connectivity index (χ2v) is 10.2. The maximum Gasteiger partial charge on any atom is 0.309 e. The number of aliphatic hydroxyl groups is 2. The standard InChI is InChI=1S/C29H38O11/c1-3-16(2)28(37)40-27-26(36)25(35)15-38-29(27)39-20(9-5-18-7-11-22(32)24(34)13-18)14-19(30)8-4-17-6-10-21(31)23(33)12-17/h6-7,10-13,16,20,25-27,29,31-36H,3-5,8-9,14-15H2,1-2H3/t16?,20-,25-,26+,27-,29+/m0/s1. The van der Waals surface area contributed by atoms with Crippen molar-refractivity contribution in [1.82, 2.24) is 0 Å². The van der Waals surface area contributed by atoms with Gasteiger partial charge < -0.3 is 44.8 Å². The van der Waals surface area contributed by atoms with Crippen LogP contribution in [-0.2, 0) is 36.6 Å². The fourth-order valence-electron chi connectivity index (χ4n) is 4.25. The van der Waals surface area contributed by atoms with Gasteiger partial charge in [0.05, 0.1) is 18.6 Å². The number of ether oxygens (including phenoxy) is 3. The van der Waals surface area contributed by atoms with E-state index in [9.17, 15) is 40.2 Å². The minimum atomic E-state index is -1.46. The predicted octanol–water partition coefficient (Wildman–Crippen LogP) is 2.45. The first kappa shape index (κ1) is 31.2. The van der Waals surface area contributed by atoms with E-state index in [-0.39, 0.29) is 54.7 Å². The molecule has 1 heterocycles. The highest BCUT2D eigenvalue weighted by molar-refractivity contribution is 5.79. The summed E-state index contributed by atoms with van der Waals surface area (Å²) in [6.45, 7) is 3.22. The third kappa shape index (κ3) is 8.56. The van der Waals surface area contributed by atoms with E-state index >= 15 is 0 Å². The number of carbonyl (C=O) groups excluding carboxylic acids is 2. The van der Waals surface area contributed by atoms with Crippen LogP contribution in [0, 0.1) is 5.92 Å². The van der Waals surface area contributed by atoms with E-state index in [1.165, 1.54) is 24.3 Å². The van der Waals surface area contributed by atoms with Crippen molar-refractivity contribution >= 4 is 11.8 Å². The largest absolute Gasteiger partial charge is 0.504 e. The summed E-state index contributed by atoms with van der Waals surface area (Å²) in [5.74, 6) is -2.29. The molecular weight excluding hydrogens is 524 g/mol. The molecule has 2 aromatic carbocycles. The van der Waals surface area contributed by atoms with Gasteiger partial charge in [0.1, 0.15) is 18.0 Å². The average Bonchev–Trinajstić information content (AvgIpc) is 2.93. The van der Waals surface area contributed by atoms with Crippen LogP contribution in [0.5, 0.6) is 23.0 Å². The number of benzene rings is 2. The molecule has 0 radical (unpaired) electrons. The van der Waals surface area contributed by atoms with Crippen molar-refractivity contribution in [3.63, 3.8) is 0 Å². The summed E-state index contributed by atoms with van der Waals surface area (Å²) in [7, 11) is 0. The number of Topliss-reactive ketones (excluding diaryl/α,β-unsaturated/α-hetero) is 1. The van der Waals surface area contributed by atoms with Crippen molar-refractivity contribution < 1.29 is 54.4 Å². The van der Waals surface area contributed by atoms with Gasteiger partial charge in [-0.3, -0.25) is 9.59 Å². The lowest BCUT2D eigenvalue weighted by Gasteiger charge is -2.39. The molecule has 11 heteroatoms. The molecule has 1 aliphatic heterocycles. The smallest absolute Gasteiger partial charge is 0.309 e. The van der Waals surface area contributed by atoms with Gasteiger partial charge in [0, 0.05) is 12.8 Å². The van der Waals surface area contributed by atoms with Crippen molar-refractivity contribution in [2.45, 2.75) is 83.1 Å². The Morgan fingerprint density at radius 1 is 0.950 bits per heavy atom. The summed E-state index contributed by atoms with van der Waals surface area (Å²) in [6.07, 6.45) is -4.57. The highest BCUT2D eigenvalue weighted by Gasteiger charge is 2.43. The second kappa shape index (κ2) is 14.3. The van der Waals surface area contributed by atoms with Gasteiger partial charge in [-0.2, -0.15) is 0 Å². The Hall–Kier alpha value is -3.38. The number of hydrogen-bond donors (Lipinski definition) is 6. The van der Waals surface area contributed by atoms with Gasteiger partial charge in [-0.25, -0.2) is 0 Å². The molecule has 6 N–H and O–H groups in total. The summed E-state index contributed by atoms with van der Waals surface area (Å²) in [4.78, 5) is 25.4. The first-order chi connectivity index (χ1) is 19.0. The van der Waals surface area contributed by atoms with Crippen LogP contribution in [0.1, 0.15) is 50.7 Å². The van der Waals surface area contributed by atoms with E-state index < -0.39 is 42.6 Å². The molecule has 0 saturated carbocycles. The first-order valence-corrected chi connectivity index (χ1v) is 13.4. The number of phenolic OH excluding ortho intramolecular Hbond substituents is 4. The zero-order chi connectivity index (χ0) is 29.4. The summed E-state index contributed by atoms with van der Waals surface area (Å²) in [5.41, 5.74) is 1.33. The molecule has 1 unspecified atom stereocenters. The van der Waals surface area contributed by atoms with Crippen molar-refractivity contribution in [1.29, 1.82) is 0 Å². The van der Waals surface area contributed by atoms with E-state index in [2.05, 4.69) is 0 Å². The molecule has 0 aromatic heterocycles. The molecule has 6 atom stereocenters. The van der Waals surface area contributed by atoms with Gasteiger partial charge in [0.2, 0.25) is 0 Å². The monoisotopic (exact) mass is 562 g/mol. The fraction of sp³-hybridized carbons (Fsp3) is 0.517. The van der Waals surface area contributed by atoms with Crippen LogP contribution in [-0.4, -0.2) is 79.7 Å². The number of hydrogen-bond acceptors (Lipinski definition) is 11. The lowest BCUT2D eigenvalue weighted by Crippen LogP contribution is -2.56. The molecular formula is C29H38O11. The van der Waals surface area contributed by atoms with Crippen molar-refractivity contribution in [3.8, 4) is 23.0 Å². The van der Waals surface area contributed by atoms with Gasteiger partial charge in [-0.05, 0) is 61.1 Å². The number of aryl methyl sites for hydroxylation is 2. The maximum absolute atomic E-state index is 13.0. The molecule has 1 saturated heterocycles. The van der Waals surface area contributed by atoms with Gasteiger partial charge in [-0.15, -0.1) is 0 Å². The van der Waals surface area contributed by atoms with Gasteiger partial charge in [0.25, 0.3) is 0 Å². The number of phenols is 4. The number of esters is 1. The van der Waals surface area contributed by atoms with Crippen LogP contribution in [0.4, 0.5) is 0 Å². The third-order valence-corrected chi connectivity index (χ3v) is 7.01.